The standard InChI is InChI=1S/C45H58NP/c1-3-16-36(17-4-1)47(37-18-5-2-6-19-37)38-26-22-31(23-27-38)34-14-11-15-35(30-34)43-41-28-24-32-12-7-9-20-39(32)44(41)46-45-40-21-10-8-13-33(40)25-29-42(43)45/h1-3,5,7-8,11-13,15-16,24,26,28,31-35,37,39-40,42-43,45-46H,4,6,9-10,14,17-23,25,27,29-30H2. The van der Waals surface area contributed by atoms with Gasteiger partial charge in [-0.15, -0.1) is 0 Å². The van der Waals surface area contributed by atoms with Crippen LogP contribution in [-0.2, 0) is 0 Å². The molecule has 9 rings (SSSR count). The van der Waals surface area contributed by atoms with Gasteiger partial charge in [0, 0.05) is 23.6 Å². The minimum atomic E-state index is -0.126. The summed E-state index contributed by atoms with van der Waals surface area (Å²) in [5.74, 6) is 6.84. The molecule has 47 heavy (non-hydrogen) atoms. The summed E-state index contributed by atoms with van der Waals surface area (Å²) in [5, 5.41) is 8.06. The van der Waals surface area contributed by atoms with Gasteiger partial charge in [0.2, 0.25) is 0 Å². The predicted octanol–water partition coefficient (Wildman–Crippen LogP) is 12.1. The minimum Gasteiger partial charge on any atom is -0.385 e. The normalized spacial score (nSPS) is 42.8. The van der Waals surface area contributed by atoms with Crippen molar-refractivity contribution in [1.82, 2.24) is 5.32 Å². The molecular weight excluding hydrogens is 585 g/mol. The van der Waals surface area contributed by atoms with Crippen molar-refractivity contribution in [2.45, 2.75) is 114 Å². The maximum atomic E-state index is 4.39. The van der Waals surface area contributed by atoms with Gasteiger partial charge in [0.1, 0.15) is 0 Å². The van der Waals surface area contributed by atoms with Gasteiger partial charge >= 0.3 is 0 Å². The van der Waals surface area contributed by atoms with Gasteiger partial charge in [-0.05, 0) is 174 Å². The van der Waals surface area contributed by atoms with Crippen molar-refractivity contribution in [1.29, 1.82) is 0 Å². The van der Waals surface area contributed by atoms with E-state index < -0.39 is 0 Å². The molecule has 12 atom stereocenters. The van der Waals surface area contributed by atoms with Crippen LogP contribution in [0.1, 0.15) is 103 Å². The molecule has 2 heteroatoms. The van der Waals surface area contributed by atoms with E-state index in [9.17, 15) is 0 Å². The molecule has 1 aliphatic heterocycles. The van der Waals surface area contributed by atoms with Crippen LogP contribution in [0.25, 0.3) is 0 Å². The van der Waals surface area contributed by atoms with Gasteiger partial charge in [-0.25, -0.2) is 0 Å². The Morgan fingerprint density at radius 2 is 1.55 bits per heavy atom. The topological polar surface area (TPSA) is 12.0 Å². The molecule has 0 radical (unpaired) electrons. The summed E-state index contributed by atoms with van der Waals surface area (Å²) < 4.78 is 0. The zero-order valence-corrected chi connectivity index (χ0v) is 29.6. The highest BCUT2D eigenvalue weighted by Gasteiger charge is 2.50. The summed E-state index contributed by atoms with van der Waals surface area (Å²) in [5.41, 5.74) is 4.29. The van der Waals surface area contributed by atoms with Crippen molar-refractivity contribution >= 4 is 7.92 Å². The van der Waals surface area contributed by atoms with Gasteiger partial charge in [-0.2, -0.15) is 0 Å². The van der Waals surface area contributed by atoms with Crippen molar-refractivity contribution in [3.05, 3.63) is 107 Å². The van der Waals surface area contributed by atoms with Crippen LogP contribution in [0, 0.1) is 53.3 Å². The first-order valence-corrected chi connectivity index (χ1v) is 21.4. The van der Waals surface area contributed by atoms with E-state index in [1.165, 1.54) is 103 Å². The summed E-state index contributed by atoms with van der Waals surface area (Å²) in [7, 11) is -0.126. The molecule has 9 aliphatic rings. The second-order valence-corrected chi connectivity index (χ2v) is 19.3. The Morgan fingerprint density at radius 1 is 0.638 bits per heavy atom. The van der Waals surface area contributed by atoms with E-state index >= 15 is 0 Å². The largest absolute Gasteiger partial charge is 0.385 e. The van der Waals surface area contributed by atoms with Crippen LogP contribution in [0.2, 0.25) is 0 Å². The molecule has 1 fully saturated rings. The van der Waals surface area contributed by atoms with Crippen LogP contribution in [-0.4, -0.2) is 11.7 Å². The van der Waals surface area contributed by atoms with Crippen LogP contribution in [0.15, 0.2) is 107 Å². The third-order valence-electron chi connectivity index (χ3n) is 14.3. The third-order valence-corrected chi connectivity index (χ3v) is 17.5. The average Bonchev–Trinajstić information content (AvgIpc) is 3.15. The summed E-state index contributed by atoms with van der Waals surface area (Å²) in [4.78, 5) is 0. The Labute approximate surface area is 287 Å². The Kier molecular flexibility index (Phi) is 8.98. The zero-order valence-electron chi connectivity index (χ0n) is 28.7. The van der Waals surface area contributed by atoms with Gasteiger partial charge in [-0.3, -0.25) is 0 Å². The molecule has 0 saturated heterocycles. The van der Waals surface area contributed by atoms with E-state index in [1.54, 1.807) is 16.6 Å². The molecule has 1 saturated carbocycles. The lowest BCUT2D eigenvalue weighted by Gasteiger charge is -2.55. The van der Waals surface area contributed by atoms with Gasteiger partial charge < -0.3 is 5.32 Å². The van der Waals surface area contributed by atoms with Crippen molar-refractivity contribution in [3.8, 4) is 0 Å². The smallest absolute Gasteiger partial charge is 0.0326 e. The highest BCUT2D eigenvalue weighted by Crippen LogP contribution is 2.64. The molecule has 12 unspecified atom stereocenters. The van der Waals surface area contributed by atoms with Gasteiger partial charge in [0.25, 0.3) is 0 Å². The zero-order chi connectivity index (χ0) is 31.2. The predicted molar refractivity (Wildman–Crippen MR) is 201 cm³/mol. The lowest BCUT2D eigenvalue weighted by atomic mass is 9.55. The molecular formula is C45H58NP. The molecule has 248 valence electrons. The number of nitrogens with one attached hydrogen (secondary N) is 1. The molecule has 0 spiro atoms. The fourth-order valence-electron chi connectivity index (χ4n) is 12.1. The number of hydrogen-bond donors (Lipinski definition) is 1. The van der Waals surface area contributed by atoms with Crippen LogP contribution >= 0.6 is 7.92 Å². The second kappa shape index (κ2) is 13.7. The van der Waals surface area contributed by atoms with Crippen LogP contribution in [0.5, 0.6) is 0 Å². The lowest BCUT2D eigenvalue weighted by molar-refractivity contribution is 0.0679. The lowest BCUT2D eigenvalue weighted by Crippen LogP contribution is -2.56. The second-order valence-electron chi connectivity index (χ2n) is 16.7. The monoisotopic (exact) mass is 643 g/mol. The molecule has 8 aliphatic carbocycles. The van der Waals surface area contributed by atoms with Gasteiger partial charge in [0.05, 0.1) is 0 Å². The van der Waals surface area contributed by atoms with E-state index in [0.29, 0.717) is 29.7 Å². The first-order valence-electron chi connectivity index (χ1n) is 20.0. The summed E-state index contributed by atoms with van der Waals surface area (Å²) in [6.45, 7) is 0. The van der Waals surface area contributed by atoms with E-state index in [0.717, 1.165) is 35.2 Å². The van der Waals surface area contributed by atoms with E-state index in [1.807, 2.05) is 5.31 Å². The first kappa shape index (κ1) is 30.9. The maximum Gasteiger partial charge on any atom is 0.0326 e. The number of hydrogen-bond acceptors (Lipinski definition) is 1. The molecule has 1 nitrogen and oxygen atoms in total. The van der Waals surface area contributed by atoms with E-state index in [2.05, 4.69) is 90.4 Å². The fourth-order valence-corrected chi connectivity index (χ4v) is 15.4. The highest BCUT2D eigenvalue weighted by molar-refractivity contribution is 7.67. The van der Waals surface area contributed by atoms with Crippen molar-refractivity contribution in [3.63, 3.8) is 0 Å². The minimum absolute atomic E-state index is 0.126. The first-order chi connectivity index (χ1) is 23.3. The summed E-state index contributed by atoms with van der Waals surface area (Å²) >= 11 is 0. The Balaban J connectivity index is 0.966. The third kappa shape index (κ3) is 5.94. The number of fused-ring (bicyclic) bond motifs is 5. The van der Waals surface area contributed by atoms with Crippen molar-refractivity contribution in [2.24, 2.45) is 53.3 Å². The molecule has 0 bridgehead atoms. The molecule has 1 heterocycles. The van der Waals surface area contributed by atoms with E-state index in [4.69, 9.17) is 0 Å². The highest BCUT2D eigenvalue weighted by atomic mass is 31.1. The quantitative estimate of drug-likeness (QED) is 0.232. The van der Waals surface area contributed by atoms with Gasteiger partial charge in [0.15, 0.2) is 0 Å². The average molecular weight is 644 g/mol. The van der Waals surface area contributed by atoms with Gasteiger partial charge in [-0.1, -0.05) is 85.1 Å². The molecule has 0 aromatic heterocycles. The SMILES string of the molecule is C1=CCCC(P(C2=CCC(C3CC=CC(C4C5=C(NC6C7CCC=CC7CCC64)C4CCC=CC4C=C5)C3)CC2)C2CC=CCC2)=C1. The van der Waals surface area contributed by atoms with Crippen LogP contribution < -0.4 is 5.32 Å². The molecule has 1 N–H and O–H groups in total. The summed E-state index contributed by atoms with van der Waals surface area (Å²) in [6.07, 6.45) is 57.2. The van der Waals surface area contributed by atoms with E-state index in [-0.39, 0.29) is 7.92 Å². The van der Waals surface area contributed by atoms with Crippen molar-refractivity contribution in [2.75, 3.05) is 0 Å². The molecule has 0 aromatic rings. The van der Waals surface area contributed by atoms with Crippen LogP contribution in [0.3, 0.4) is 0 Å². The Hall–Kier alpha value is -2.11. The molecule has 0 amide bonds. The Bertz CT molecular complexity index is 1460. The fraction of sp³-hybridized carbons (Fsp3) is 0.600. The van der Waals surface area contributed by atoms with Crippen molar-refractivity contribution < 1.29 is 0 Å². The summed E-state index contributed by atoms with van der Waals surface area (Å²) in [6, 6.07) is 0.673. The number of rotatable bonds is 5. The Morgan fingerprint density at radius 3 is 2.43 bits per heavy atom. The maximum absolute atomic E-state index is 4.39. The molecule has 0 aromatic carbocycles. The number of allylic oxidation sites excluding steroid dienone is 18. The van der Waals surface area contributed by atoms with Crippen LogP contribution in [0.4, 0.5) is 0 Å².